The van der Waals surface area contributed by atoms with Crippen LogP contribution in [0.4, 0.5) is 5.69 Å². The Bertz CT molecular complexity index is 986. The number of hydrogen-bond donors (Lipinski definition) is 1. The first kappa shape index (κ1) is 20.6. The highest BCUT2D eigenvalue weighted by atomic mass is 35.5. The summed E-state index contributed by atoms with van der Waals surface area (Å²) in [4.78, 5) is 10.2. The van der Waals surface area contributed by atoms with E-state index in [1.165, 1.54) is 12.1 Å². The van der Waals surface area contributed by atoms with Gasteiger partial charge in [-0.2, -0.15) is 5.10 Å². The minimum absolute atomic E-state index is 0.0582. The number of benzene rings is 3. The van der Waals surface area contributed by atoms with Crippen molar-refractivity contribution in [3.63, 3.8) is 0 Å². The fourth-order valence-electron chi connectivity index (χ4n) is 2.48. The first-order valence-corrected chi connectivity index (χ1v) is 9.43. The van der Waals surface area contributed by atoms with Crippen molar-refractivity contribution in [1.29, 1.82) is 0 Å². The molecular weight excluding hydrogens is 413 g/mol. The summed E-state index contributed by atoms with van der Waals surface area (Å²) in [5.41, 5.74) is 5.52. The summed E-state index contributed by atoms with van der Waals surface area (Å²) in [5.74, 6) is 0.691. The highest BCUT2D eigenvalue weighted by Gasteiger charge is 2.05. The maximum Gasteiger partial charge on any atom is 0.269 e. The Morgan fingerprint density at radius 1 is 1.00 bits per heavy atom. The van der Waals surface area contributed by atoms with Gasteiger partial charge in [0.1, 0.15) is 12.4 Å². The van der Waals surface area contributed by atoms with Crippen molar-refractivity contribution in [2.75, 3.05) is 0 Å². The van der Waals surface area contributed by atoms with E-state index in [9.17, 15) is 10.1 Å². The van der Waals surface area contributed by atoms with E-state index in [2.05, 4.69) is 10.5 Å². The lowest BCUT2D eigenvalue weighted by Gasteiger charge is -2.07. The molecule has 3 aromatic carbocycles. The van der Waals surface area contributed by atoms with Crippen molar-refractivity contribution in [1.82, 2.24) is 5.43 Å². The number of nitrogens with one attached hydrogen (secondary N) is 1. The van der Waals surface area contributed by atoms with Crippen LogP contribution in [0.3, 0.4) is 0 Å². The number of ether oxygens (including phenoxy) is 1. The zero-order valence-electron chi connectivity index (χ0n) is 15.2. The van der Waals surface area contributed by atoms with Crippen molar-refractivity contribution in [2.24, 2.45) is 5.10 Å². The Hall–Kier alpha value is -3.09. The quantitative estimate of drug-likeness (QED) is 0.287. The Kier molecular flexibility index (Phi) is 7.05. The number of halogens is 2. The van der Waals surface area contributed by atoms with Gasteiger partial charge in [-0.1, -0.05) is 29.3 Å². The van der Waals surface area contributed by atoms with Gasteiger partial charge in [-0.3, -0.25) is 10.1 Å². The number of nitro benzene ring substituents is 1. The van der Waals surface area contributed by atoms with E-state index in [4.69, 9.17) is 27.9 Å². The van der Waals surface area contributed by atoms with E-state index in [-0.39, 0.29) is 5.69 Å². The fraction of sp³-hybridized carbons (Fsp3) is 0.0952. The van der Waals surface area contributed by atoms with Crippen LogP contribution >= 0.6 is 23.2 Å². The van der Waals surface area contributed by atoms with Gasteiger partial charge in [0.25, 0.3) is 5.69 Å². The number of non-ortho nitro benzene ring substituents is 1. The lowest BCUT2D eigenvalue weighted by Crippen LogP contribution is -2.06. The van der Waals surface area contributed by atoms with Crippen molar-refractivity contribution in [2.45, 2.75) is 13.2 Å². The van der Waals surface area contributed by atoms with Gasteiger partial charge < -0.3 is 10.2 Å². The summed E-state index contributed by atoms with van der Waals surface area (Å²) >= 11 is 12.2. The molecular formula is C21H17Cl2N3O3. The van der Waals surface area contributed by atoms with Gasteiger partial charge in [-0.25, -0.2) is 0 Å². The molecule has 0 atom stereocenters. The smallest absolute Gasteiger partial charge is 0.269 e. The molecule has 148 valence electrons. The van der Waals surface area contributed by atoms with E-state index in [0.717, 1.165) is 16.7 Å². The van der Waals surface area contributed by atoms with Crippen LogP contribution < -0.4 is 10.2 Å². The third-order valence-corrected chi connectivity index (χ3v) is 4.76. The first-order chi connectivity index (χ1) is 14.0. The van der Waals surface area contributed by atoms with Gasteiger partial charge in [-0.05, 0) is 59.7 Å². The van der Waals surface area contributed by atoms with Crippen LogP contribution in [0.15, 0.2) is 71.8 Å². The van der Waals surface area contributed by atoms with Crippen LogP contribution in [-0.2, 0) is 13.2 Å². The molecule has 6 nitrogen and oxygen atoms in total. The fourth-order valence-corrected chi connectivity index (χ4v) is 3.01. The Labute approximate surface area is 177 Å². The lowest BCUT2D eigenvalue weighted by molar-refractivity contribution is -0.384. The van der Waals surface area contributed by atoms with Gasteiger partial charge in [0.05, 0.1) is 17.7 Å². The third-order valence-electron chi connectivity index (χ3n) is 4.06. The Morgan fingerprint density at radius 2 is 1.66 bits per heavy atom. The maximum absolute atomic E-state index is 10.7. The summed E-state index contributed by atoms with van der Waals surface area (Å²) in [7, 11) is 0. The standard InChI is InChI=1S/C21H17Cl2N3O3/c22-20-2-1-3-21(23)19(20)13-25-24-12-15-6-10-18(11-7-15)29-14-16-4-8-17(9-5-16)26(27)28/h1-12,25H,13-14H2/b24-12-. The monoisotopic (exact) mass is 429 g/mol. The summed E-state index contributed by atoms with van der Waals surface area (Å²) < 4.78 is 5.70. The van der Waals surface area contributed by atoms with Crippen LogP contribution in [0.25, 0.3) is 0 Å². The summed E-state index contributed by atoms with van der Waals surface area (Å²) in [6.45, 7) is 0.747. The van der Waals surface area contributed by atoms with Crippen LogP contribution in [0.2, 0.25) is 10.0 Å². The predicted molar refractivity (Wildman–Crippen MR) is 115 cm³/mol. The summed E-state index contributed by atoms with van der Waals surface area (Å²) in [5, 5.41) is 16.0. The molecule has 0 radical (unpaired) electrons. The minimum atomic E-state index is -0.428. The van der Waals surface area contributed by atoms with Gasteiger partial charge in [0, 0.05) is 27.7 Å². The van der Waals surface area contributed by atoms with E-state index in [0.29, 0.717) is 28.9 Å². The molecule has 0 aliphatic carbocycles. The molecule has 0 fully saturated rings. The second-order valence-corrected chi connectivity index (χ2v) is 6.89. The molecule has 0 amide bonds. The molecule has 0 aliphatic heterocycles. The summed E-state index contributed by atoms with van der Waals surface area (Å²) in [6, 6.07) is 19.0. The van der Waals surface area contributed by atoms with Gasteiger partial charge in [0.2, 0.25) is 0 Å². The van der Waals surface area contributed by atoms with E-state index < -0.39 is 4.92 Å². The molecule has 0 saturated carbocycles. The molecule has 3 aromatic rings. The Morgan fingerprint density at radius 3 is 2.28 bits per heavy atom. The average Bonchev–Trinajstić information content (AvgIpc) is 2.72. The predicted octanol–water partition coefficient (Wildman–Crippen LogP) is 5.60. The number of hydrogen-bond acceptors (Lipinski definition) is 5. The SMILES string of the molecule is O=[N+]([O-])c1ccc(COc2ccc(/C=N\NCc3c(Cl)cccc3Cl)cc2)cc1. The van der Waals surface area contributed by atoms with Crippen molar-refractivity contribution >= 4 is 35.1 Å². The highest BCUT2D eigenvalue weighted by Crippen LogP contribution is 2.23. The van der Waals surface area contributed by atoms with E-state index in [1.807, 2.05) is 24.3 Å². The van der Waals surface area contributed by atoms with E-state index >= 15 is 0 Å². The Balaban J connectivity index is 1.49. The van der Waals surface area contributed by atoms with Gasteiger partial charge >= 0.3 is 0 Å². The van der Waals surface area contributed by atoms with Crippen LogP contribution in [-0.4, -0.2) is 11.1 Å². The highest BCUT2D eigenvalue weighted by molar-refractivity contribution is 6.35. The minimum Gasteiger partial charge on any atom is -0.489 e. The van der Waals surface area contributed by atoms with Crippen LogP contribution in [0, 0.1) is 10.1 Å². The zero-order chi connectivity index (χ0) is 20.6. The second-order valence-electron chi connectivity index (χ2n) is 6.07. The molecule has 0 aromatic heterocycles. The normalized spacial score (nSPS) is 10.8. The zero-order valence-corrected chi connectivity index (χ0v) is 16.7. The van der Waals surface area contributed by atoms with Gasteiger partial charge in [-0.15, -0.1) is 0 Å². The van der Waals surface area contributed by atoms with Crippen LogP contribution in [0.1, 0.15) is 16.7 Å². The molecule has 0 aliphatic rings. The number of nitrogens with zero attached hydrogens (tertiary/aromatic N) is 2. The first-order valence-electron chi connectivity index (χ1n) is 8.68. The number of hydrazone groups is 1. The molecule has 8 heteroatoms. The number of nitro groups is 1. The van der Waals surface area contributed by atoms with Crippen molar-refractivity contribution < 1.29 is 9.66 Å². The molecule has 1 N–H and O–H groups in total. The third kappa shape index (κ3) is 5.94. The van der Waals surface area contributed by atoms with E-state index in [1.54, 1.807) is 36.5 Å². The molecule has 29 heavy (non-hydrogen) atoms. The summed E-state index contributed by atoms with van der Waals surface area (Å²) in [6.07, 6.45) is 1.69. The molecule has 0 bridgehead atoms. The van der Waals surface area contributed by atoms with Crippen LogP contribution in [0.5, 0.6) is 5.75 Å². The second kappa shape index (κ2) is 9.91. The maximum atomic E-state index is 10.7. The molecule has 0 spiro atoms. The van der Waals surface area contributed by atoms with Crippen molar-refractivity contribution in [3.05, 3.63) is 104 Å². The largest absolute Gasteiger partial charge is 0.489 e. The topological polar surface area (TPSA) is 76.8 Å². The lowest BCUT2D eigenvalue weighted by atomic mass is 10.2. The van der Waals surface area contributed by atoms with Gasteiger partial charge in [0.15, 0.2) is 0 Å². The molecule has 0 heterocycles. The van der Waals surface area contributed by atoms with Crippen molar-refractivity contribution in [3.8, 4) is 5.75 Å². The molecule has 3 rings (SSSR count). The molecule has 0 unspecified atom stereocenters. The average molecular weight is 430 g/mol. The number of rotatable bonds is 8. The molecule has 0 saturated heterocycles.